The predicted molar refractivity (Wildman–Crippen MR) is 84.2 cm³/mol. The second-order valence-electron chi connectivity index (χ2n) is 5.03. The van der Waals surface area contributed by atoms with Crippen LogP contribution >= 0.6 is 15.9 Å². The largest absolute Gasteiger partial charge is 0.456 e. The standard InChI is InChI=1S/C17H16BrNO/c1-11(2)13-5-4-12(3)17(9-13)20-16-7-6-15(18)8-14(16)10-19/h4-9,11H,1-3H3. The van der Waals surface area contributed by atoms with E-state index in [1.165, 1.54) is 5.56 Å². The number of ether oxygens (including phenoxy) is 1. The Balaban J connectivity index is 2.40. The lowest BCUT2D eigenvalue weighted by Crippen LogP contribution is -1.94. The minimum atomic E-state index is 0.443. The van der Waals surface area contributed by atoms with Gasteiger partial charge in [-0.3, -0.25) is 0 Å². The molecule has 0 aromatic heterocycles. The molecule has 2 rings (SSSR count). The summed E-state index contributed by atoms with van der Waals surface area (Å²) in [6.07, 6.45) is 0. The molecule has 2 nitrogen and oxygen atoms in total. The van der Waals surface area contributed by atoms with E-state index in [4.69, 9.17) is 4.74 Å². The fourth-order valence-electron chi connectivity index (χ4n) is 1.88. The van der Waals surface area contributed by atoms with Gasteiger partial charge >= 0.3 is 0 Å². The number of hydrogen-bond donors (Lipinski definition) is 0. The molecule has 0 saturated heterocycles. The smallest absolute Gasteiger partial charge is 0.145 e. The lowest BCUT2D eigenvalue weighted by atomic mass is 10.0. The fraction of sp³-hybridized carbons (Fsp3) is 0.235. The molecule has 0 fully saturated rings. The number of hydrogen-bond acceptors (Lipinski definition) is 2. The number of nitriles is 1. The van der Waals surface area contributed by atoms with Crippen molar-refractivity contribution in [2.45, 2.75) is 26.7 Å². The molecule has 0 bridgehead atoms. The molecule has 0 radical (unpaired) electrons. The van der Waals surface area contributed by atoms with Crippen molar-refractivity contribution in [2.24, 2.45) is 0 Å². The molecule has 0 amide bonds. The molecule has 0 atom stereocenters. The molecule has 0 aliphatic heterocycles. The van der Waals surface area contributed by atoms with Crippen LogP contribution < -0.4 is 4.74 Å². The molecule has 2 aromatic rings. The van der Waals surface area contributed by atoms with Gasteiger partial charge in [0, 0.05) is 4.47 Å². The van der Waals surface area contributed by atoms with Crippen LogP contribution in [0.1, 0.15) is 36.5 Å². The molecule has 0 aliphatic carbocycles. The summed E-state index contributed by atoms with van der Waals surface area (Å²) in [5, 5.41) is 9.18. The van der Waals surface area contributed by atoms with Crippen molar-refractivity contribution in [1.29, 1.82) is 5.26 Å². The molecular formula is C17H16BrNO. The van der Waals surface area contributed by atoms with E-state index >= 15 is 0 Å². The van der Waals surface area contributed by atoms with Crippen LogP contribution in [0.25, 0.3) is 0 Å². The Bertz CT molecular complexity index is 671. The van der Waals surface area contributed by atoms with Gasteiger partial charge in [0.1, 0.15) is 17.6 Å². The maximum atomic E-state index is 9.18. The van der Waals surface area contributed by atoms with Gasteiger partial charge in [0.05, 0.1) is 5.56 Å². The van der Waals surface area contributed by atoms with Gasteiger partial charge < -0.3 is 4.74 Å². The van der Waals surface area contributed by atoms with Crippen LogP contribution in [0.5, 0.6) is 11.5 Å². The number of halogens is 1. The first-order chi connectivity index (χ1) is 9.51. The van der Waals surface area contributed by atoms with Crippen molar-refractivity contribution >= 4 is 15.9 Å². The van der Waals surface area contributed by atoms with Crippen molar-refractivity contribution < 1.29 is 4.74 Å². The van der Waals surface area contributed by atoms with E-state index in [-0.39, 0.29) is 0 Å². The molecule has 0 unspecified atom stereocenters. The Labute approximate surface area is 128 Å². The summed E-state index contributed by atoms with van der Waals surface area (Å²) in [4.78, 5) is 0. The van der Waals surface area contributed by atoms with Gasteiger partial charge in [-0.25, -0.2) is 0 Å². The third-order valence-corrected chi connectivity index (χ3v) is 3.65. The summed E-state index contributed by atoms with van der Waals surface area (Å²) < 4.78 is 6.80. The van der Waals surface area contributed by atoms with E-state index in [0.29, 0.717) is 17.2 Å². The van der Waals surface area contributed by atoms with Gasteiger partial charge in [0.2, 0.25) is 0 Å². The summed E-state index contributed by atoms with van der Waals surface area (Å²) in [7, 11) is 0. The maximum Gasteiger partial charge on any atom is 0.145 e. The van der Waals surface area contributed by atoms with E-state index in [9.17, 15) is 5.26 Å². The highest BCUT2D eigenvalue weighted by atomic mass is 79.9. The van der Waals surface area contributed by atoms with E-state index in [1.807, 2.05) is 25.1 Å². The molecule has 0 saturated carbocycles. The van der Waals surface area contributed by atoms with Crippen molar-refractivity contribution in [2.75, 3.05) is 0 Å². The topological polar surface area (TPSA) is 33.0 Å². The number of aryl methyl sites for hydroxylation is 1. The molecule has 0 spiro atoms. The van der Waals surface area contributed by atoms with Crippen LogP contribution in [0.2, 0.25) is 0 Å². The van der Waals surface area contributed by atoms with E-state index < -0.39 is 0 Å². The van der Waals surface area contributed by atoms with E-state index in [1.54, 1.807) is 6.07 Å². The van der Waals surface area contributed by atoms with Crippen molar-refractivity contribution in [3.8, 4) is 17.6 Å². The van der Waals surface area contributed by atoms with Gasteiger partial charge in [0.25, 0.3) is 0 Å². The van der Waals surface area contributed by atoms with Crippen molar-refractivity contribution in [1.82, 2.24) is 0 Å². The number of benzene rings is 2. The lowest BCUT2D eigenvalue weighted by Gasteiger charge is -2.13. The second kappa shape index (κ2) is 6.11. The third kappa shape index (κ3) is 3.20. The maximum absolute atomic E-state index is 9.18. The summed E-state index contributed by atoms with van der Waals surface area (Å²) in [5.74, 6) is 1.83. The SMILES string of the molecule is Cc1ccc(C(C)C)cc1Oc1ccc(Br)cc1C#N. The van der Waals surface area contributed by atoms with Gasteiger partial charge in [-0.05, 0) is 48.2 Å². The van der Waals surface area contributed by atoms with Crippen LogP contribution in [0.3, 0.4) is 0 Å². The molecule has 0 aliphatic rings. The first-order valence-electron chi connectivity index (χ1n) is 6.49. The number of nitrogens with zero attached hydrogens (tertiary/aromatic N) is 1. The van der Waals surface area contributed by atoms with Gasteiger partial charge in [-0.2, -0.15) is 5.26 Å². The predicted octanol–water partition coefficient (Wildman–Crippen LogP) is 5.54. The molecule has 3 heteroatoms. The summed E-state index contributed by atoms with van der Waals surface area (Å²) in [6.45, 7) is 6.30. The molecule has 20 heavy (non-hydrogen) atoms. The Morgan fingerprint density at radius 1 is 1.10 bits per heavy atom. The lowest BCUT2D eigenvalue weighted by molar-refractivity contribution is 0.476. The highest BCUT2D eigenvalue weighted by Crippen LogP contribution is 2.31. The Kier molecular flexibility index (Phi) is 4.46. The summed E-state index contributed by atoms with van der Waals surface area (Å²) >= 11 is 3.36. The van der Waals surface area contributed by atoms with Crippen LogP contribution in [-0.2, 0) is 0 Å². The Morgan fingerprint density at radius 2 is 1.85 bits per heavy atom. The molecule has 2 aromatic carbocycles. The summed E-state index contributed by atoms with van der Waals surface area (Å²) in [6, 6.07) is 13.8. The van der Waals surface area contributed by atoms with Gasteiger partial charge in [-0.1, -0.05) is 41.9 Å². The highest BCUT2D eigenvalue weighted by Gasteiger charge is 2.09. The van der Waals surface area contributed by atoms with Crippen molar-refractivity contribution in [3.05, 3.63) is 57.6 Å². The quantitative estimate of drug-likeness (QED) is 0.740. The Hall–Kier alpha value is -1.79. The average molecular weight is 330 g/mol. The zero-order valence-corrected chi connectivity index (χ0v) is 13.4. The first-order valence-corrected chi connectivity index (χ1v) is 7.28. The van der Waals surface area contributed by atoms with Crippen molar-refractivity contribution in [3.63, 3.8) is 0 Å². The first kappa shape index (κ1) is 14.6. The molecule has 0 heterocycles. The Morgan fingerprint density at radius 3 is 2.50 bits per heavy atom. The molecule has 102 valence electrons. The number of rotatable bonds is 3. The average Bonchev–Trinajstić information content (AvgIpc) is 2.42. The third-order valence-electron chi connectivity index (χ3n) is 3.16. The van der Waals surface area contributed by atoms with Crippen LogP contribution in [0, 0.1) is 18.3 Å². The van der Waals surface area contributed by atoms with Gasteiger partial charge in [0.15, 0.2) is 0 Å². The minimum absolute atomic E-state index is 0.443. The van der Waals surface area contributed by atoms with Crippen LogP contribution in [-0.4, -0.2) is 0 Å². The fourth-order valence-corrected chi connectivity index (χ4v) is 2.24. The molecular weight excluding hydrogens is 314 g/mol. The molecule has 0 N–H and O–H groups in total. The summed E-state index contributed by atoms with van der Waals surface area (Å²) in [5.41, 5.74) is 2.80. The van der Waals surface area contributed by atoms with E-state index in [2.05, 4.69) is 48.0 Å². The normalized spacial score (nSPS) is 10.4. The zero-order valence-electron chi connectivity index (χ0n) is 11.8. The van der Waals surface area contributed by atoms with Crippen LogP contribution in [0.15, 0.2) is 40.9 Å². The van der Waals surface area contributed by atoms with Gasteiger partial charge in [-0.15, -0.1) is 0 Å². The zero-order chi connectivity index (χ0) is 14.7. The van der Waals surface area contributed by atoms with E-state index in [0.717, 1.165) is 15.8 Å². The highest BCUT2D eigenvalue weighted by molar-refractivity contribution is 9.10. The van der Waals surface area contributed by atoms with Crippen LogP contribution in [0.4, 0.5) is 0 Å². The minimum Gasteiger partial charge on any atom is -0.456 e. The second-order valence-corrected chi connectivity index (χ2v) is 5.95. The monoisotopic (exact) mass is 329 g/mol.